The summed E-state index contributed by atoms with van der Waals surface area (Å²) in [5, 5.41) is 3.94. The summed E-state index contributed by atoms with van der Waals surface area (Å²) in [6.45, 7) is 7.21. The lowest BCUT2D eigenvalue weighted by Gasteiger charge is -2.18. The van der Waals surface area contributed by atoms with Gasteiger partial charge in [0.25, 0.3) is 0 Å². The first-order chi connectivity index (χ1) is 9.54. The van der Waals surface area contributed by atoms with Crippen molar-refractivity contribution in [2.24, 2.45) is 0 Å². The summed E-state index contributed by atoms with van der Waals surface area (Å²) >= 11 is 1.66. The summed E-state index contributed by atoms with van der Waals surface area (Å²) in [4.78, 5) is 24.6. The van der Waals surface area contributed by atoms with Crippen molar-refractivity contribution in [2.75, 3.05) is 25.0 Å². The van der Waals surface area contributed by atoms with Gasteiger partial charge in [0.05, 0.1) is 11.9 Å². The number of thiophene rings is 1. The van der Waals surface area contributed by atoms with Crippen LogP contribution in [0.25, 0.3) is 10.2 Å². The van der Waals surface area contributed by atoms with Crippen LogP contribution in [0.4, 0.5) is 5.82 Å². The summed E-state index contributed by atoms with van der Waals surface area (Å²) < 4.78 is 0. The smallest absolute Gasteiger partial charge is 0.239 e. The van der Waals surface area contributed by atoms with Gasteiger partial charge in [0, 0.05) is 18.5 Å². The molecular formula is C14H20N4OS. The Bertz CT molecular complexity index is 623. The van der Waals surface area contributed by atoms with E-state index in [1.807, 2.05) is 18.9 Å². The Hall–Kier alpha value is -1.69. The monoisotopic (exact) mass is 292 g/mol. The molecule has 2 heterocycles. The van der Waals surface area contributed by atoms with Crippen LogP contribution in [0.2, 0.25) is 0 Å². The lowest BCUT2D eigenvalue weighted by atomic mass is 10.2. The Labute approximate surface area is 123 Å². The number of likely N-dealkylation sites (N-methyl/N-ethyl adjacent to an activating group) is 1. The van der Waals surface area contributed by atoms with Crippen LogP contribution in [0.15, 0.2) is 6.33 Å². The largest absolute Gasteiger partial charge is 0.355 e. The topological polar surface area (TPSA) is 58.1 Å². The molecule has 0 bridgehead atoms. The molecule has 0 radical (unpaired) electrons. The predicted molar refractivity (Wildman–Crippen MR) is 83.5 cm³/mol. The Balaban J connectivity index is 2.26. The van der Waals surface area contributed by atoms with Gasteiger partial charge in [0.1, 0.15) is 17.0 Å². The third kappa shape index (κ3) is 2.90. The highest BCUT2D eigenvalue weighted by molar-refractivity contribution is 7.18. The quantitative estimate of drug-likeness (QED) is 0.918. The fourth-order valence-corrected chi connectivity index (χ4v) is 3.06. The molecule has 2 rings (SSSR count). The van der Waals surface area contributed by atoms with Gasteiger partial charge in [-0.15, -0.1) is 11.3 Å². The number of carbonyl (C=O) groups is 1. The van der Waals surface area contributed by atoms with Gasteiger partial charge in [-0.1, -0.05) is 6.92 Å². The van der Waals surface area contributed by atoms with E-state index in [4.69, 9.17) is 0 Å². The number of carbonyl (C=O) groups excluding carboxylic acids is 1. The average Bonchev–Trinajstić information content (AvgIpc) is 2.72. The normalized spacial score (nSPS) is 10.8. The number of aromatic nitrogens is 2. The summed E-state index contributed by atoms with van der Waals surface area (Å²) in [6, 6.07) is 0. The molecule has 0 saturated carbocycles. The SMILES string of the molecule is CCCNC(=O)CN(C)c1ncnc2sc(C)c(C)c12. The molecule has 0 atom stereocenters. The van der Waals surface area contributed by atoms with Crippen molar-refractivity contribution in [2.45, 2.75) is 27.2 Å². The van der Waals surface area contributed by atoms with E-state index in [0.29, 0.717) is 13.1 Å². The van der Waals surface area contributed by atoms with Gasteiger partial charge in [-0.05, 0) is 25.8 Å². The molecule has 2 aromatic heterocycles. The average molecular weight is 292 g/mol. The van der Waals surface area contributed by atoms with Gasteiger partial charge in [0.15, 0.2) is 0 Å². The van der Waals surface area contributed by atoms with Crippen LogP contribution in [0.5, 0.6) is 0 Å². The molecule has 1 N–H and O–H groups in total. The molecule has 0 unspecified atom stereocenters. The molecule has 0 saturated heterocycles. The number of anilines is 1. The van der Waals surface area contributed by atoms with E-state index < -0.39 is 0 Å². The molecule has 0 aliphatic carbocycles. The number of amides is 1. The van der Waals surface area contributed by atoms with Crippen molar-refractivity contribution in [3.63, 3.8) is 0 Å². The third-order valence-electron chi connectivity index (χ3n) is 3.26. The van der Waals surface area contributed by atoms with Gasteiger partial charge < -0.3 is 10.2 Å². The molecule has 0 spiro atoms. The summed E-state index contributed by atoms with van der Waals surface area (Å²) in [5.41, 5.74) is 1.20. The maximum Gasteiger partial charge on any atom is 0.239 e. The van der Waals surface area contributed by atoms with Crippen molar-refractivity contribution < 1.29 is 4.79 Å². The van der Waals surface area contributed by atoms with E-state index in [1.54, 1.807) is 17.7 Å². The molecule has 108 valence electrons. The number of rotatable bonds is 5. The molecule has 2 aromatic rings. The molecule has 0 aliphatic rings. The molecule has 0 aliphatic heterocycles. The van der Waals surface area contributed by atoms with Crippen molar-refractivity contribution >= 4 is 33.3 Å². The minimum Gasteiger partial charge on any atom is -0.355 e. The van der Waals surface area contributed by atoms with Crippen LogP contribution in [0.3, 0.4) is 0 Å². The highest BCUT2D eigenvalue weighted by Gasteiger charge is 2.16. The zero-order chi connectivity index (χ0) is 14.7. The maximum absolute atomic E-state index is 11.8. The number of hydrogen-bond acceptors (Lipinski definition) is 5. The fourth-order valence-electron chi connectivity index (χ4n) is 2.06. The zero-order valence-corrected chi connectivity index (χ0v) is 13.2. The minimum atomic E-state index is 0.0192. The molecule has 20 heavy (non-hydrogen) atoms. The van der Waals surface area contributed by atoms with E-state index in [-0.39, 0.29) is 5.91 Å². The van der Waals surface area contributed by atoms with Crippen molar-refractivity contribution in [1.29, 1.82) is 0 Å². The van der Waals surface area contributed by atoms with Crippen LogP contribution >= 0.6 is 11.3 Å². The van der Waals surface area contributed by atoms with Crippen molar-refractivity contribution in [3.8, 4) is 0 Å². The molecule has 0 aromatic carbocycles. The standard InChI is InChI=1S/C14H20N4OS/c1-5-6-15-11(19)7-18(4)13-12-9(2)10(3)20-14(12)17-8-16-13/h8H,5-7H2,1-4H3,(H,15,19). The second kappa shape index (κ2) is 6.17. The Morgan fingerprint density at radius 3 is 2.85 bits per heavy atom. The highest BCUT2D eigenvalue weighted by atomic mass is 32.1. The summed E-state index contributed by atoms with van der Waals surface area (Å²) in [6.07, 6.45) is 2.50. The van der Waals surface area contributed by atoms with Gasteiger partial charge in [0.2, 0.25) is 5.91 Å². The Morgan fingerprint density at radius 2 is 2.15 bits per heavy atom. The van der Waals surface area contributed by atoms with E-state index in [9.17, 15) is 4.79 Å². The number of fused-ring (bicyclic) bond motifs is 1. The van der Waals surface area contributed by atoms with Crippen LogP contribution in [-0.2, 0) is 4.79 Å². The van der Waals surface area contributed by atoms with Gasteiger partial charge >= 0.3 is 0 Å². The van der Waals surface area contributed by atoms with Crippen LogP contribution in [0.1, 0.15) is 23.8 Å². The number of hydrogen-bond donors (Lipinski definition) is 1. The first-order valence-corrected chi connectivity index (χ1v) is 7.54. The zero-order valence-electron chi connectivity index (χ0n) is 12.4. The Morgan fingerprint density at radius 1 is 1.40 bits per heavy atom. The van der Waals surface area contributed by atoms with Crippen LogP contribution in [0, 0.1) is 13.8 Å². The summed E-state index contributed by atoms with van der Waals surface area (Å²) in [7, 11) is 1.89. The van der Waals surface area contributed by atoms with Gasteiger partial charge in [-0.2, -0.15) is 0 Å². The molecule has 5 nitrogen and oxygen atoms in total. The summed E-state index contributed by atoms with van der Waals surface area (Å²) in [5.74, 6) is 0.842. The van der Waals surface area contributed by atoms with Crippen molar-refractivity contribution in [1.82, 2.24) is 15.3 Å². The van der Waals surface area contributed by atoms with E-state index in [1.165, 1.54) is 10.4 Å². The van der Waals surface area contributed by atoms with E-state index in [0.717, 1.165) is 22.5 Å². The molecule has 0 fully saturated rings. The van der Waals surface area contributed by atoms with Gasteiger partial charge in [-0.25, -0.2) is 9.97 Å². The second-order valence-corrected chi connectivity index (χ2v) is 6.07. The van der Waals surface area contributed by atoms with E-state index >= 15 is 0 Å². The van der Waals surface area contributed by atoms with Gasteiger partial charge in [-0.3, -0.25) is 4.79 Å². The molecule has 6 heteroatoms. The number of aryl methyl sites for hydroxylation is 2. The predicted octanol–water partition coefficient (Wildman–Crippen LogP) is 2.27. The van der Waals surface area contributed by atoms with Crippen LogP contribution in [-0.4, -0.2) is 36.0 Å². The fraction of sp³-hybridized carbons (Fsp3) is 0.500. The van der Waals surface area contributed by atoms with E-state index in [2.05, 4.69) is 29.1 Å². The first kappa shape index (κ1) is 14.7. The Kier molecular flexibility index (Phi) is 4.54. The number of nitrogens with zero attached hydrogens (tertiary/aromatic N) is 3. The first-order valence-electron chi connectivity index (χ1n) is 6.73. The lowest BCUT2D eigenvalue weighted by molar-refractivity contribution is -0.119. The third-order valence-corrected chi connectivity index (χ3v) is 4.38. The molecular weight excluding hydrogens is 272 g/mol. The second-order valence-electron chi connectivity index (χ2n) is 4.87. The van der Waals surface area contributed by atoms with Crippen molar-refractivity contribution in [3.05, 3.63) is 16.8 Å². The molecule has 1 amide bonds. The number of nitrogens with one attached hydrogen (secondary N) is 1. The maximum atomic E-state index is 11.8. The minimum absolute atomic E-state index is 0.0192. The highest BCUT2D eigenvalue weighted by Crippen LogP contribution is 2.33. The lowest BCUT2D eigenvalue weighted by Crippen LogP contribution is -2.35. The van der Waals surface area contributed by atoms with Crippen LogP contribution < -0.4 is 10.2 Å².